The Morgan fingerprint density at radius 1 is 1.27 bits per heavy atom. The maximum Gasteiger partial charge on any atom is 0.253 e. The lowest BCUT2D eigenvalue weighted by Crippen LogP contribution is -2.42. The van der Waals surface area contributed by atoms with Gasteiger partial charge in [0.05, 0.1) is 7.11 Å². The molecule has 8 heteroatoms. The number of nitrogens with two attached hydrogens (primary N) is 1. The Labute approximate surface area is 155 Å². The Bertz CT molecular complexity index is 739. The standard InChI is InChI=1S/C18H29N3O4S/c1-12(2)20-26(23,24)17-11-15(5-6-16(17)25-4)18(22)21-9-7-14(8-10-21)13(3)19/h5-6,11-14,20H,7-10,19H2,1-4H3. The number of hydrogen-bond acceptors (Lipinski definition) is 5. The molecule has 1 heterocycles. The minimum absolute atomic E-state index is 0.0231. The molecule has 1 aliphatic heterocycles. The summed E-state index contributed by atoms with van der Waals surface area (Å²) in [6.07, 6.45) is 1.72. The van der Waals surface area contributed by atoms with Gasteiger partial charge in [-0.05, 0) is 57.7 Å². The van der Waals surface area contributed by atoms with Crippen molar-refractivity contribution >= 4 is 15.9 Å². The van der Waals surface area contributed by atoms with Crippen molar-refractivity contribution in [3.63, 3.8) is 0 Å². The molecule has 1 aromatic rings. The molecule has 0 bridgehead atoms. The lowest BCUT2D eigenvalue weighted by Gasteiger charge is -2.33. The number of piperidine rings is 1. The van der Waals surface area contributed by atoms with Gasteiger partial charge >= 0.3 is 0 Å². The van der Waals surface area contributed by atoms with Crippen LogP contribution in [-0.2, 0) is 10.0 Å². The summed E-state index contributed by atoms with van der Waals surface area (Å²) in [7, 11) is -2.36. The van der Waals surface area contributed by atoms with E-state index in [1.807, 2.05) is 6.92 Å². The third-order valence-electron chi connectivity index (χ3n) is 4.66. The number of rotatable bonds is 6. The van der Waals surface area contributed by atoms with Gasteiger partial charge in [0.25, 0.3) is 5.91 Å². The molecule has 7 nitrogen and oxygen atoms in total. The first-order valence-corrected chi connectivity index (χ1v) is 10.4. The van der Waals surface area contributed by atoms with E-state index in [1.54, 1.807) is 24.8 Å². The summed E-state index contributed by atoms with van der Waals surface area (Å²) in [6, 6.07) is 4.38. The Hall–Kier alpha value is -1.64. The number of nitrogens with zero attached hydrogens (tertiary/aromatic N) is 1. The lowest BCUT2D eigenvalue weighted by atomic mass is 9.90. The highest BCUT2D eigenvalue weighted by atomic mass is 32.2. The minimum atomic E-state index is -3.77. The van der Waals surface area contributed by atoms with Crippen LogP contribution in [0.4, 0.5) is 0 Å². The molecule has 146 valence electrons. The summed E-state index contributed by atoms with van der Waals surface area (Å²) in [5, 5.41) is 0. The first kappa shape index (κ1) is 20.7. The molecule has 3 N–H and O–H groups in total. The zero-order valence-electron chi connectivity index (χ0n) is 15.9. The molecule has 0 radical (unpaired) electrons. The highest BCUT2D eigenvalue weighted by molar-refractivity contribution is 7.89. The first-order chi connectivity index (χ1) is 12.2. The third kappa shape index (κ3) is 4.75. The quantitative estimate of drug-likeness (QED) is 0.777. The van der Waals surface area contributed by atoms with Crippen LogP contribution in [0.2, 0.25) is 0 Å². The topological polar surface area (TPSA) is 102 Å². The highest BCUT2D eigenvalue weighted by Gasteiger charge is 2.27. The number of carbonyl (C=O) groups excluding carboxylic acids is 1. The number of amides is 1. The van der Waals surface area contributed by atoms with E-state index in [9.17, 15) is 13.2 Å². The maximum absolute atomic E-state index is 12.8. The predicted octanol–water partition coefficient (Wildman–Crippen LogP) is 1.58. The maximum atomic E-state index is 12.8. The zero-order valence-corrected chi connectivity index (χ0v) is 16.7. The second-order valence-electron chi connectivity index (χ2n) is 7.13. The first-order valence-electron chi connectivity index (χ1n) is 8.91. The van der Waals surface area contributed by atoms with Gasteiger partial charge in [0.2, 0.25) is 10.0 Å². The average Bonchev–Trinajstić information content (AvgIpc) is 2.59. The van der Waals surface area contributed by atoms with Crippen LogP contribution >= 0.6 is 0 Å². The van der Waals surface area contributed by atoms with Gasteiger partial charge in [0.1, 0.15) is 10.6 Å². The van der Waals surface area contributed by atoms with Gasteiger partial charge in [-0.25, -0.2) is 13.1 Å². The molecular weight excluding hydrogens is 354 g/mol. The van der Waals surface area contributed by atoms with Crippen molar-refractivity contribution in [2.24, 2.45) is 11.7 Å². The fourth-order valence-corrected chi connectivity index (χ4v) is 4.65. The number of ether oxygens (including phenoxy) is 1. The molecule has 1 atom stereocenters. The smallest absolute Gasteiger partial charge is 0.253 e. The van der Waals surface area contributed by atoms with Crippen LogP contribution in [0.1, 0.15) is 44.0 Å². The molecule has 1 saturated heterocycles. The highest BCUT2D eigenvalue weighted by Crippen LogP contribution is 2.27. The van der Waals surface area contributed by atoms with Crippen LogP contribution in [0.15, 0.2) is 23.1 Å². The molecule has 2 rings (SSSR count). The summed E-state index contributed by atoms with van der Waals surface area (Å²) in [6.45, 7) is 6.72. The van der Waals surface area contributed by atoms with E-state index in [1.165, 1.54) is 19.2 Å². The van der Waals surface area contributed by atoms with Gasteiger partial charge in [-0.1, -0.05) is 0 Å². The molecule has 0 saturated carbocycles. The summed E-state index contributed by atoms with van der Waals surface area (Å²) in [4.78, 5) is 14.5. The molecule has 0 aromatic heterocycles. The van der Waals surface area contributed by atoms with Crippen LogP contribution < -0.4 is 15.2 Å². The minimum Gasteiger partial charge on any atom is -0.495 e. The van der Waals surface area contributed by atoms with Gasteiger partial charge in [0, 0.05) is 30.7 Å². The number of carbonyl (C=O) groups is 1. The van der Waals surface area contributed by atoms with Crippen molar-refractivity contribution in [3.05, 3.63) is 23.8 Å². The number of likely N-dealkylation sites (tertiary alicyclic amines) is 1. The molecule has 26 heavy (non-hydrogen) atoms. The Morgan fingerprint density at radius 3 is 2.38 bits per heavy atom. The van der Waals surface area contributed by atoms with Crippen molar-refractivity contribution in [2.75, 3.05) is 20.2 Å². The van der Waals surface area contributed by atoms with Crippen LogP contribution in [0.5, 0.6) is 5.75 Å². The fraction of sp³-hybridized carbons (Fsp3) is 0.611. The number of sulfonamides is 1. The Kier molecular flexibility index (Phi) is 6.65. The Morgan fingerprint density at radius 2 is 1.88 bits per heavy atom. The van der Waals surface area contributed by atoms with E-state index < -0.39 is 10.0 Å². The van der Waals surface area contributed by atoms with Gasteiger partial charge in [0.15, 0.2) is 0 Å². The predicted molar refractivity (Wildman–Crippen MR) is 101 cm³/mol. The zero-order chi connectivity index (χ0) is 19.5. The van der Waals surface area contributed by atoms with Crippen molar-refractivity contribution in [3.8, 4) is 5.75 Å². The Balaban J connectivity index is 2.25. The summed E-state index contributed by atoms with van der Waals surface area (Å²) < 4.78 is 32.8. The second-order valence-corrected chi connectivity index (χ2v) is 8.81. The largest absolute Gasteiger partial charge is 0.495 e. The molecule has 1 unspecified atom stereocenters. The number of nitrogens with one attached hydrogen (secondary N) is 1. The van der Waals surface area contributed by atoms with Gasteiger partial charge in [-0.15, -0.1) is 0 Å². The van der Waals surface area contributed by atoms with Crippen LogP contribution in [0.3, 0.4) is 0 Å². The molecular formula is C18H29N3O4S. The summed E-state index contributed by atoms with van der Waals surface area (Å²) in [5.74, 6) is 0.461. The lowest BCUT2D eigenvalue weighted by molar-refractivity contribution is 0.0680. The molecule has 1 aliphatic rings. The van der Waals surface area contributed by atoms with Crippen molar-refractivity contribution in [1.82, 2.24) is 9.62 Å². The fourth-order valence-electron chi connectivity index (χ4n) is 3.20. The molecule has 0 aliphatic carbocycles. The molecule has 1 amide bonds. The molecule has 1 fully saturated rings. The van der Waals surface area contributed by atoms with Crippen LogP contribution in [0, 0.1) is 5.92 Å². The van der Waals surface area contributed by atoms with Crippen LogP contribution in [0.25, 0.3) is 0 Å². The van der Waals surface area contributed by atoms with E-state index in [4.69, 9.17) is 10.5 Å². The van der Waals surface area contributed by atoms with Crippen LogP contribution in [-0.4, -0.2) is 51.5 Å². The van der Waals surface area contributed by atoms with Gasteiger partial charge in [-0.2, -0.15) is 0 Å². The number of methoxy groups -OCH3 is 1. The van der Waals surface area contributed by atoms with Gasteiger partial charge < -0.3 is 15.4 Å². The van der Waals surface area contributed by atoms with Crippen molar-refractivity contribution in [2.45, 2.75) is 50.6 Å². The summed E-state index contributed by atoms with van der Waals surface area (Å²) >= 11 is 0. The molecule has 0 spiro atoms. The normalized spacial score (nSPS) is 17.4. The monoisotopic (exact) mass is 383 g/mol. The number of hydrogen-bond donors (Lipinski definition) is 2. The van der Waals surface area contributed by atoms with E-state index in [0.717, 1.165) is 12.8 Å². The number of benzene rings is 1. The molecule has 1 aromatic carbocycles. The SMILES string of the molecule is COc1ccc(C(=O)N2CCC(C(C)N)CC2)cc1S(=O)(=O)NC(C)C. The van der Waals surface area contributed by atoms with Crippen molar-refractivity contribution in [1.29, 1.82) is 0 Å². The summed E-state index contributed by atoms with van der Waals surface area (Å²) in [5.41, 5.74) is 6.29. The van der Waals surface area contributed by atoms with E-state index >= 15 is 0 Å². The van der Waals surface area contributed by atoms with Crippen molar-refractivity contribution < 1.29 is 17.9 Å². The average molecular weight is 384 g/mol. The second kappa shape index (κ2) is 8.37. The van der Waals surface area contributed by atoms with Gasteiger partial charge in [-0.3, -0.25) is 4.79 Å². The van der Waals surface area contributed by atoms with E-state index in [-0.39, 0.29) is 28.6 Å². The van der Waals surface area contributed by atoms with E-state index in [2.05, 4.69) is 4.72 Å². The third-order valence-corrected chi connectivity index (χ3v) is 6.34. The van der Waals surface area contributed by atoms with E-state index in [0.29, 0.717) is 24.6 Å².